The van der Waals surface area contributed by atoms with Crippen molar-refractivity contribution < 1.29 is 76.9 Å². The summed E-state index contributed by atoms with van der Waals surface area (Å²) in [5, 5.41) is 38.0. The smallest absolute Gasteiger partial charge is 0.645 e. The Morgan fingerprint density at radius 3 is 0.714 bits per heavy atom. The maximum absolute atomic E-state index is 9.55. The topological polar surface area (TPSA) is 227 Å². The molecular weight excluding hydrogens is 1500 g/mol. The first-order valence-electron chi connectivity index (χ1n) is 36.8. The van der Waals surface area contributed by atoms with Gasteiger partial charge in [0.15, 0.2) is 0 Å². The van der Waals surface area contributed by atoms with E-state index in [4.69, 9.17) is 58.5 Å². The molecule has 0 saturated carbocycles. The third kappa shape index (κ3) is 19.6. The molecule has 10 aromatic rings. The van der Waals surface area contributed by atoms with Gasteiger partial charge in [0.05, 0.1) is 26.4 Å². The average molecular weight is 1580 g/mol. The van der Waals surface area contributed by atoms with Crippen LogP contribution < -0.4 is 0 Å². The Kier molecular flexibility index (Phi) is 27.0. The molecule has 0 spiro atoms. The van der Waals surface area contributed by atoms with Gasteiger partial charge in [0.25, 0.3) is 0 Å². The largest absolute Gasteiger partial charge is 2.00 e. The monoisotopic (exact) mass is 1580 g/mol. The first-order valence-corrected chi connectivity index (χ1v) is 36.8. The quantitative estimate of drug-likeness (QED) is 0.0656. The summed E-state index contributed by atoms with van der Waals surface area (Å²) in [7, 11) is 0. The molecule has 8 aliphatic rings. The minimum Gasteiger partial charge on any atom is -0.645 e. The Balaban J connectivity index is 0.000000130. The Morgan fingerprint density at radius 2 is 0.464 bits per heavy atom. The number of nitriles is 2. The van der Waals surface area contributed by atoms with Gasteiger partial charge in [0, 0.05) is 47.5 Å². The predicted molar refractivity (Wildman–Crippen MR) is 424 cm³/mol. The molecule has 8 aliphatic heterocycles. The van der Waals surface area contributed by atoms with Crippen LogP contribution in [0.4, 0.5) is 0 Å². The molecule has 0 radical (unpaired) electrons. The summed E-state index contributed by atoms with van der Waals surface area (Å²) in [5.41, 5.74) is 13.6. The van der Waals surface area contributed by atoms with Crippen LogP contribution in [0.15, 0.2) is 369 Å². The van der Waals surface area contributed by atoms with Gasteiger partial charge in [-0.25, -0.2) is 20.0 Å². The van der Waals surface area contributed by atoms with Crippen molar-refractivity contribution in [3.8, 4) is 12.1 Å². The van der Waals surface area contributed by atoms with Gasteiger partial charge < -0.3 is 59.2 Å². The second-order valence-electron chi connectivity index (χ2n) is 26.6. The molecule has 18 nitrogen and oxygen atoms in total. The van der Waals surface area contributed by atoms with E-state index < -0.39 is 0 Å². The van der Waals surface area contributed by atoms with Crippen molar-refractivity contribution in [2.45, 2.75) is 61.2 Å². The molecule has 0 aromatic heterocycles. The van der Waals surface area contributed by atoms with E-state index >= 15 is 0 Å². The molecule has 0 unspecified atom stereocenters. The molecule has 0 aliphatic carbocycles. The summed E-state index contributed by atoms with van der Waals surface area (Å²) in [6.45, 7) is 3.81. The summed E-state index contributed by atoms with van der Waals surface area (Å²) >= 11 is 0. The minimum atomic E-state index is -0.105. The Hall–Kier alpha value is -12.3. The van der Waals surface area contributed by atoms with Crippen molar-refractivity contribution in [2.75, 3.05) is 52.9 Å². The second-order valence-corrected chi connectivity index (χ2v) is 26.6. The number of rotatable bonds is 16. The zero-order chi connectivity index (χ0) is 74.5. The van der Waals surface area contributed by atoms with E-state index in [1.54, 1.807) is 0 Å². The molecule has 10 aromatic carbocycles. The van der Waals surface area contributed by atoms with Crippen molar-refractivity contribution in [2.24, 2.45) is 20.0 Å². The fourth-order valence-electron chi connectivity index (χ4n) is 13.4. The molecule has 548 valence electrons. The summed E-state index contributed by atoms with van der Waals surface area (Å²) in [4.78, 5) is 18.9. The van der Waals surface area contributed by atoms with E-state index in [9.17, 15) is 10.5 Å². The van der Waals surface area contributed by atoms with Crippen LogP contribution in [0.2, 0.25) is 0 Å². The van der Waals surface area contributed by atoms with Gasteiger partial charge in [0.2, 0.25) is 23.6 Å². The third-order valence-electron chi connectivity index (χ3n) is 19.2. The Morgan fingerprint density at radius 1 is 0.259 bits per heavy atom. The molecule has 18 rings (SSSR count). The van der Waals surface area contributed by atoms with Gasteiger partial charge in [0.1, 0.15) is 73.9 Å². The van der Waals surface area contributed by atoms with Crippen molar-refractivity contribution in [1.82, 2.24) is 0 Å². The number of hydrogen-bond donors (Lipinski definition) is 0. The van der Waals surface area contributed by atoms with Gasteiger partial charge in [-0.3, -0.25) is 0 Å². The summed E-state index contributed by atoms with van der Waals surface area (Å²) < 4.78 is 46.9. The maximum atomic E-state index is 9.55. The molecule has 4 saturated heterocycles. The number of aliphatic imine (C=N–C) groups is 4. The van der Waals surface area contributed by atoms with Crippen LogP contribution >= 0.6 is 0 Å². The SMILES string of the molecule is N#C/C(C1=N[C@@H](c2ccccc2)CO1)=C1/[N-][C@@H](c2ccccc2)CO1.N#C/C(C1=N[C@@H](c2ccccc2)CO1)=C1/[N-][C@@H](c2ccccc2)CO1.[Zn+2].[Zn+2].c1ccc(C/C(C2=N[C@H](c3ccccc3)CO2)=C2/[N-][C@H](c3ccccc3)CO2)cc1.c1ccc(C/C(C2=N[C@H](c3ccccc3)CO2)=C2/[N-][C@H](c3ccccc3)CO2)cc1. The van der Waals surface area contributed by atoms with Crippen molar-refractivity contribution in [1.29, 1.82) is 10.5 Å². The van der Waals surface area contributed by atoms with Gasteiger partial charge in [-0.05, 0) is 33.4 Å². The van der Waals surface area contributed by atoms with Gasteiger partial charge in [-0.15, -0.1) is 0 Å². The van der Waals surface area contributed by atoms with Crippen molar-refractivity contribution >= 4 is 23.6 Å². The average Bonchev–Trinajstić information content (AvgIpc) is 1.67. The fraction of sp³-hybridized carbons (Fsp3) is 0.196. The first kappa shape index (κ1) is 77.8. The molecule has 0 N–H and O–H groups in total. The molecule has 0 bridgehead atoms. The Labute approximate surface area is 678 Å². The van der Waals surface area contributed by atoms with Gasteiger partial charge in [-0.2, -0.15) is 10.5 Å². The zero-order valence-corrected chi connectivity index (χ0v) is 67.6. The van der Waals surface area contributed by atoms with Crippen LogP contribution in [0.5, 0.6) is 0 Å². The van der Waals surface area contributed by atoms with E-state index in [1.165, 1.54) is 11.1 Å². The van der Waals surface area contributed by atoms with Crippen LogP contribution in [-0.4, -0.2) is 76.4 Å². The summed E-state index contributed by atoms with van der Waals surface area (Å²) in [6, 6.07) is 105. The van der Waals surface area contributed by atoms with E-state index in [2.05, 4.69) is 106 Å². The molecule has 20 heteroatoms. The summed E-state index contributed by atoms with van der Waals surface area (Å²) in [5.74, 6) is 3.79. The zero-order valence-electron chi connectivity index (χ0n) is 61.7. The minimum absolute atomic E-state index is 0. The predicted octanol–water partition coefficient (Wildman–Crippen LogP) is 19.6. The first-order chi connectivity index (χ1) is 54.4. The van der Waals surface area contributed by atoms with Crippen LogP contribution in [-0.2, 0) is 89.7 Å². The van der Waals surface area contributed by atoms with Crippen molar-refractivity contribution in [3.63, 3.8) is 0 Å². The number of benzene rings is 10. The van der Waals surface area contributed by atoms with Crippen LogP contribution in [0.3, 0.4) is 0 Å². The van der Waals surface area contributed by atoms with Crippen LogP contribution in [0, 0.1) is 22.7 Å². The van der Waals surface area contributed by atoms with Crippen LogP contribution in [0.1, 0.15) is 104 Å². The second kappa shape index (κ2) is 38.8. The number of hydrogen-bond acceptors (Lipinski definition) is 14. The molecule has 4 fully saturated rings. The molecule has 8 atom stereocenters. The van der Waals surface area contributed by atoms with E-state index in [-0.39, 0.29) is 98.4 Å². The van der Waals surface area contributed by atoms with Crippen molar-refractivity contribution in [3.05, 3.63) is 426 Å². The van der Waals surface area contributed by atoms with E-state index in [0.29, 0.717) is 113 Å². The van der Waals surface area contributed by atoms with Gasteiger partial charge >= 0.3 is 39.0 Å². The normalized spacial score (nSPS) is 22.3. The maximum Gasteiger partial charge on any atom is 2.00 e. The fourth-order valence-corrected chi connectivity index (χ4v) is 13.4. The standard InChI is InChI=1S/2C26H23N2O2.2C20H16N3O2.2Zn/c2*1-4-10-19(11-5-1)16-22(25-27-23(17-29-25)20-12-6-2-7-13-20)26-28-24(18-30-26)21-14-8-3-9-15-21;2*21-11-16(19-22-17(12-24-19)14-7-3-1-4-8-14)20-23-18(13-25-20)15-9-5-2-6-10-15;;/h2*1-15,23-24H,16-18H2;2*1-10,17-18H,12-13H2;;/q4*-1;2*+2/b2*25-22+;2*19-16+;;/t2*23-,24-;2*17-,18-;;/m0011../s1. The summed E-state index contributed by atoms with van der Waals surface area (Å²) in [6.07, 6.45) is 1.34. The van der Waals surface area contributed by atoms with E-state index in [0.717, 1.165) is 55.7 Å². The number of nitrogens with zero attached hydrogens (tertiary/aromatic N) is 10. The Bertz CT molecular complexity index is 4780. The molecular formula is C92H78N10O8Zn2. The molecule has 112 heavy (non-hydrogen) atoms. The van der Waals surface area contributed by atoms with Crippen LogP contribution in [0.25, 0.3) is 21.3 Å². The molecule has 8 heterocycles. The number of ether oxygens (including phenoxy) is 8. The third-order valence-corrected chi connectivity index (χ3v) is 19.2. The molecule has 0 amide bonds. The van der Waals surface area contributed by atoms with E-state index in [1.807, 2.05) is 231 Å². The van der Waals surface area contributed by atoms with Gasteiger partial charge in [-0.1, -0.05) is 350 Å².